The third-order valence-corrected chi connectivity index (χ3v) is 3.69. The lowest BCUT2D eigenvalue weighted by Gasteiger charge is -2.26. The Morgan fingerprint density at radius 1 is 1.08 bits per heavy atom. The first-order chi connectivity index (χ1) is 10.8. The highest BCUT2D eigenvalue weighted by molar-refractivity contribution is 14.1. The number of hydrogen-bond acceptors (Lipinski definition) is 2. The van der Waals surface area contributed by atoms with Crippen molar-refractivity contribution in [2.75, 3.05) is 6.61 Å². The van der Waals surface area contributed by atoms with E-state index in [1.807, 2.05) is 0 Å². The zero-order chi connectivity index (χ0) is 18.8. The topological polar surface area (TPSA) is 26.3 Å². The fourth-order valence-corrected chi connectivity index (χ4v) is 2.13. The van der Waals surface area contributed by atoms with Gasteiger partial charge in [-0.1, -0.05) is 15.9 Å². The summed E-state index contributed by atoms with van der Waals surface area (Å²) in [6.45, 7) is -0.876. The Balaban J connectivity index is 2.79. The van der Waals surface area contributed by atoms with Gasteiger partial charge in [0.1, 0.15) is 6.61 Å². The number of allylic oxidation sites excluding steroid dienone is 1. The van der Waals surface area contributed by atoms with Crippen LogP contribution in [0.1, 0.15) is 10.4 Å². The van der Waals surface area contributed by atoms with Crippen LogP contribution in [0.15, 0.2) is 38.4 Å². The molecule has 0 aliphatic heterocycles. The van der Waals surface area contributed by atoms with Gasteiger partial charge in [-0.2, -0.15) is 30.7 Å². The van der Waals surface area contributed by atoms with Crippen molar-refractivity contribution in [1.82, 2.24) is 0 Å². The van der Waals surface area contributed by atoms with E-state index in [1.165, 1.54) is 24.3 Å². The summed E-state index contributed by atoms with van der Waals surface area (Å²) in [6.07, 6.45) is -6.99. The predicted molar refractivity (Wildman–Crippen MR) is 82.5 cm³/mol. The Bertz CT molecular complexity index is 626. The molecule has 0 saturated carbocycles. The number of benzene rings is 1. The van der Waals surface area contributed by atoms with Gasteiger partial charge in [-0.3, -0.25) is 0 Å². The molecule has 0 atom stereocenters. The summed E-state index contributed by atoms with van der Waals surface area (Å²) >= 11 is 4.20. The number of ether oxygens (including phenoxy) is 1. The minimum absolute atomic E-state index is 0.0507. The molecule has 11 heteroatoms. The molecular weight excluding hydrogens is 528 g/mol. The van der Waals surface area contributed by atoms with Crippen LogP contribution < -0.4 is 0 Å². The molecule has 0 aromatic heterocycles. The van der Waals surface area contributed by atoms with Crippen LogP contribution in [0.4, 0.5) is 30.7 Å². The molecule has 0 aliphatic rings. The lowest BCUT2D eigenvalue weighted by Crippen LogP contribution is -2.50. The fraction of sp³-hybridized carbons (Fsp3) is 0.308. The molecule has 0 saturated heterocycles. The molecule has 0 N–H and O–H groups in total. The first-order valence-electron chi connectivity index (χ1n) is 5.90. The van der Waals surface area contributed by atoms with Crippen molar-refractivity contribution in [2.45, 2.75) is 18.0 Å². The molecule has 1 aromatic carbocycles. The van der Waals surface area contributed by atoms with Crippen molar-refractivity contribution in [2.24, 2.45) is 0 Å². The van der Waals surface area contributed by atoms with Crippen LogP contribution in [0.5, 0.6) is 0 Å². The molecule has 0 aliphatic carbocycles. The van der Waals surface area contributed by atoms with E-state index < -0.39 is 40.3 Å². The molecule has 0 radical (unpaired) electrons. The van der Waals surface area contributed by atoms with Crippen LogP contribution in [0.2, 0.25) is 0 Å². The minimum atomic E-state index is -6.42. The normalized spacial score (nSPS) is 13.8. The maximum atomic E-state index is 13.1. The molecule has 2 nitrogen and oxygen atoms in total. The van der Waals surface area contributed by atoms with E-state index in [0.717, 1.165) is 22.6 Å². The summed E-state index contributed by atoms with van der Waals surface area (Å²) in [5, 5.41) is 0. The molecule has 24 heavy (non-hydrogen) atoms. The molecule has 0 spiro atoms. The van der Waals surface area contributed by atoms with Crippen molar-refractivity contribution < 1.29 is 40.3 Å². The van der Waals surface area contributed by atoms with Gasteiger partial charge in [-0.15, -0.1) is 0 Å². The monoisotopic (exact) mass is 534 g/mol. The van der Waals surface area contributed by atoms with Crippen LogP contribution in [0.3, 0.4) is 0 Å². The average Bonchev–Trinajstić information content (AvgIpc) is 2.43. The maximum Gasteiger partial charge on any atom is 0.460 e. The smallest absolute Gasteiger partial charge is 0.457 e. The van der Waals surface area contributed by atoms with Crippen molar-refractivity contribution in [3.8, 4) is 0 Å². The third-order valence-electron chi connectivity index (χ3n) is 2.53. The summed E-state index contributed by atoms with van der Waals surface area (Å²) in [5.74, 6) is -12.7. The second-order valence-corrected chi connectivity index (χ2v) is 6.67. The number of esters is 1. The number of alkyl halides is 7. The molecule has 1 rings (SSSR count). The standard InChI is InChI=1S/C13H7BrF7IO2/c14-8-3-1-7(2-4-8)10(23)24-6-9(22)5-11(15,16)12(17,18)13(19,20)21/h1-5H,6H2. The minimum Gasteiger partial charge on any atom is -0.457 e. The quantitative estimate of drug-likeness (QED) is 0.273. The van der Waals surface area contributed by atoms with Crippen LogP contribution in [-0.4, -0.2) is 30.6 Å². The van der Waals surface area contributed by atoms with E-state index in [1.54, 1.807) is 0 Å². The number of carbonyl (C=O) groups excluding carboxylic acids is 1. The lowest BCUT2D eigenvalue weighted by atomic mass is 10.1. The summed E-state index contributed by atoms with van der Waals surface area (Å²) in [4.78, 5) is 11.6. The Kier molecular flexibility index (Phi) is 6.70. The summed E-state index contributed by atoms with van der Waals surface area (Å²) in [5.41, 5.74) is 0.0507. The zero-order valence-electron chi connectivity index (χ0n) is 11.3. The van der Waals surface area contributed by atoms with E-state index in [9.17, 15) is 35.5 Å². The lowest BCUT2D eigenvalue weighted by molar-refractivity contribution is -0.341. The number of rotatable bonds is 5. The van der Waals surface area contributed by atoms with E-state index >= 15 is 0 Å². The molecular formula is C13H7BrF7IO2. The largest absolute Gasteiger partial charge is 0.460 e. The van der Waals surface area contributed by atoms with Crippen molar-refractivity contribution >= 4 is 44.5 Å². The summed E-state index contributed by atoms with van der Waals surface area (Å²) < 4.78 is 92.3. The van der Waals surface area contributed by atoms with Crippen molar-refractivity contribution in [3.05, 3.63) is 44.0 Å². The SMILES string of the molecule is O=C(OCC(I)=CC(F)(F)C(F)(F)C(F)(F)F)c1ccc(Br)cc1. The van der Waals surface area contributed by atoms with Crippen LogP contribution >= 0.6 is 38.5 Å². The van der Waals surface area contributed by atoms with Crippen LogP contribution in [0.25, 0.3) is 0 Å². The fourth-order valence-electron chi connectivity index (χ4n) is 1.32. The number of carbonyl (C=O) groups is 1. The van der Waals surface area contributed by atoms with E-state index in [2.05, 4.69) is 20.7 Å². The van der Waals surface area contributed by atoms with Gasteiger partial charge in [0.25, 0.3) is 0 Å². The highest BCUT2D eigenvalue weighted by atomic mass is 127. The van der Waals surface area contributed by atoms with Gasteiger partial charge in [0.15, 0.2) is 0 Å². The molecule has 0 fully saturated rings. The predicted octanol–water partition coefficient (Wildman–Crippen LogP) is 5.76. The van der Waals surface area contributed by atoms with Crippen LogP contribution in [0, 0.1) is 0 Å². The first kappa shape index (κ1) is 21.2. The number of hydrogen-bond donors (Lipinski definition) is 0. The van der Waals surface area contributed by atoms with Crippen molar-refractivity contribution in [1.29, 1.82) is 0 Å². The Morgan fingerprint density at radius 3 is 2.04 bits per heavy atom. The van der Waals surface area contributed by atoms with Gasteiger partial charge in [0.05, 0.1) is 5.56 Å². The Labute approximate surface area is 153 Å². The molecule has 0 amide bonds. The van der Waals surface area contributed by atoms with Crippen LogP contribution in [-0.2, 0) is 4.74 Å². The molecule has 0 bridgehead atoms. The third kappa shape index (κ3) is 5.07. The molecule has 0 unspecified atom stereocenters. The maximum absolute atomic E-state index is 13.1. The van der Waals surface area contributed by atoms with Gasteiger partial charge in [-0.05, 0) is 46.9 Å². The second-order valence-electron chi connectivity index (χ2n) is 4.37. The average molecular weight is 535 g/mol. The van der Waals surface area contributed by atoms with Gasteiger partial charge >= 0.3 is 24.0 Å². The van der Waals surface area contributed by atoms with Gasteiger partial charge in [0.2, 0.25) is 0 Å². The molecule has 0 heterocycles. The molecule has 1 aromatic rings. The summed E-state index contributed by atoms with van der Waals surface area (Å²) in [7, 11) is 0. The van der Waals surface area contributed by atoms with E-state index in [4.69, 9.17) is 0 Å². The first-order valence-corrected chi connectivity index (χ1v) is 7.77. The van der Waals surface area contributed by atoms with E-state index in [0.29, 0.717) is 4.47 Å². The van der Waals surface area contributed by atoms with E-state index in [-0.39, 0.29) is 5.56 Å². The zero-order valence-corrected chi connectivity index (χ0v) is 15.1. The van der Waals surface area contributed by atoms with Crippen molar-refractivity contribution in [3.63, 3.8) is 0 Å². The number of halogens is 9. The second kappa shape index (κ2) is 7.58. The van der Waals surface area contributed by atoms with Gasteiger partial charge in [-0.25, -0.2) is 4.79 Å². The highest BCUT2D eigenvalue weighted by Crippen LogP contribution is 2.47. The van der Waals surface area contributed by atoms with Gasteiger partial charge < -0.3 is 4.74 Å². The summed E-state index contributed by atoms with van der Waals surface area (Å²) in [6, 6.07) is 5.68. The molecule has 134 valence electrons. The Hall–Kier alpha value is -0.850. The van der Waals surface area contributed by atoms with Gasteiger partial charge in [0, 0.05) is 14.1 Å². The Morgan fingerprint density at radius 2 is 1.58 bits per heavy atom. The highest BCUT2D eigenvalue weighted by Gasteiger charge is 2.72.